The number of nitrogens with one attached hydrogen (secondary N) is 1. The number of benzene rings is 2. The fraction of sp³-hybridized carbons (Fsp3) is 0.0714. The summed E-state index contributed by atoms with van der Waals surface area (Å²) in [7, 11) is 0. The first-order chi connectivity index (χ1) is 9.35. The molecule has 0 heterocycles. The Morgan fingerprint density at radius 1 is 1.11 bits per heavy atom. The summed E-state index contributed by atoms with van der Waals surface area (Å²) in [6, 6.07) is 15.4. The molecule has 0 amide bonds. The van der Waals surface area contributed by atoms with Crippen molar-refractivity contribution in [1.82, 2.24) is 5.43 Å². The molecule has 0 atom stereocenters. The van der Waals surface area contributed by atoms with Crippen LogP contribution in [0.5, 0.6) is 0 Å². The Hall–Kier alpha value is -2.69. The van der Waals surface area contributed by atoms with Gasteiger partial charge in [0.25, 0.3) is 0 Å². The van der Waals surface area contributed by atoms with Crippen LogP contribution in [0.15, 0.2) is 59.0 Å². The van der Waals surface area contributed by atoms with Crippen molar-refractivity contribution in [2.45, 2.75) is 6.54 Å². The van der Waals surface area contributed by atoms with Crippen molar-refractivity contribution in [3.05, 3.63) is 59.7 Å². The van der Waals surface area contributed by atoms with Crippen LogP contribution in [-0.4, -0.2) is 6.29 Å². The van der Waals surface area contributed by atoms with E-state index in [0.29, 0.717) is 12.1 Å². The van der Waals surface area contributed by atoms with E-state index in [4.69, 9.17) is 5.84 Å². The van der Waals surface area contributed by atoms with E-state index in [9.17, 15) is 4.79 Å². The zero-order chi connectivity index (χ0) is 13.5. The first-order valence-corrected chi connectivity index (χ1v) is 5.81. The summed E-state index contributed by atoms with van der Waals surface area (Å²) in [4.78, 5) is 10.7. The molecule has 0 unspecified atom stereocenters. The van der Waals surface area contributed by atoms with Crippen molar-refractivity contribution in [2.75, 3.05) is 0 Å². The minimum absolute atomic E-state index is 0.534. The molecule has 5 nitrogen and oxygen atoms in total. The first kappa shape index (κ1) is 12.8. The molecule has 0 aliphatic rings. The van der Waals surface area contributed by atoms with E-state index < -0.39 is 0 Å². The van der Waals surface area contributed by atoms with Gasteiger partial charge in [-0.3, -0.25) is 10.2 Å². The first-order valence-electron chi connectivity index (χ1n) is 5.81. The van der Waals surface area contributed by atoms with Gasteiger partial charge in [-0.15, -0.1) is 0 Å². The molecule has 96 valence electrons. The molecule has 0 bridgehead atoms. The molecule has 0 saturated carbocycles. The lowest BCUT2D eigenvalue weighted by molar-refractivity contribution is 0.112. The van der Waals surface area contributed by atoms with Crippen molar-refractivity contribution < 1.29 is 4.79 Å². The second kappa shape index (κ2) is 6.30. The topological polar surface area (TPSA) is 79.8 Å². The van der Waals surface area contributed by atoms with Crippen molar-refractivity contribution in [3.63, 3.8) is 0 Å². The van der Waals surface area contributed by atoms with Gasteiger partial charge >= 0.3 is 0 Å². The molecule has 2 aromatic carbocycles. The fourth-order valence-electron chi connectivity index (χ4n) is 1.86. The largest absolute Gasteiger partial charge is 0.303 e. The Morgan fingerprint density at radius 3 is 2.53 bits per heavy atom. The van der Waals surface area contributed by atoms with Gasteiger partial charge in [0, 0.05) is 5.56 Å². The molecule has 0 aliphatic carbocycles. The summed E-state index contributed by atoms with van der Waals surface area (Å²) in [5.74, 6) is 4.94. The highest BCUT2D eigenvalue weighted by Gasteiger charge is 2.04. The Kier molecular flexibility index (Phi) is 4.23. The number of carbonyl (C=O) groups excluding carboxylic acids is 1. The van der Waals surface area contributed by atoms with Crippen LogP contribution < -0.4 is 11.3 Å². The van der Waals surface area contributed by atoms with Crippen LogP contribution in [0.25, 0.3) is 11.1 Å². The third kappa shape index (κ3) is 3.16. The average Bonchev–Trinajstić information content (AvgIpc) is 2.48. The summed E-state index contributed by atoms with van der Waals surface area (Å²) in [5.41, 5.74) is 6.63. The van der Waals surface area contributed by atoms with Crippen molar-refractivity contribution in [1.29, 1.82) is 0 Å². The molecule has 3 N–H and O–H groups in total. The van der Waals surface area contributed by atoms with Gasteiger partial charge in [0.1, 0.15) is 6.29 Å². The van der Waals surface area contributed by atoms with Gasteiger partial charge in [-0.1, -0.05) is 59.0 Å². The van der Waals surface area contributed by atoms with Crippen molar-refractivity contribution in [2.24, 2.45) is 16.3 Å². The molecule has 2 rings (SSSR count). The molecule has 2 aromatic rings. The van der Waals surface area contributed by atoms with Crippen molar-refractivity contribution in [3.8, 4) is 11.1 Å². The minimum Gasteiger partial charge on any atom is -0.303 e. The zero-order valence-electron chi connectivity index (χ0n) is 10.3. The van der Waals surface area contributed by atoms with E-state index >= 15 is 0 Å². The van der Waals surface area contributed by atoms with Crippen molar-refractivity contribution >= 4 is 6.29 Å². The maximum absolute atomic E-state index is 10.7. The molecule has 0 fully saturated rings. The van der Waals surface area contributed by atoms with Gasteiger partial charge in [0.2, 0.25) is 0 Å². The highest BCUT2D eigenvalue weighted by molar-refractivity contribution is 5.77. The highest BCUT2D eigenvalue weighted by Crippen LogP contribution is 2.23. The van der Waals surface area contributed by atoms with E-state index in [1.165, 1.54) is 0 Å². The number of nitrogens with zero attached hydrogens (tertiary/aromatic N) is 2. The van der Waals surface area contributed by atoms with Crippen LogP contribution in [0.1, 0.15) is 15.9 Å². The number of nitrogens with two attached hydrogens (primary N) is 1. The Balaban J connectivity index is 2.29. The summed E-state index contributed by atoms with van der Waals surface area (Å²) in [6.07, 6.45) is 0.832. The smallest absolute Gasteiger partial charge is 0.150 e. The lowest BCUT2D eigenvalue weighted by Crippen LogP contribution is -2.06. The van der Waals surface area contributed by atoms with Gasteiger partial charge in [0.05, 0.1) is 6.54 Å². The van der Waals surface area contributed by atoms with Gasteiger partial charge in [0.15, 0.2) is 0 Å². The molecular formula is C14H14N4O. The summed E-state index contributed by atoms with van der Waals surface area (Å²) in [5, 5.41) is 6.69. The number of aldehydes is 1. The lowest BCUT2D eigenvalue weighted by atomic mass is 9.99. The summed E-state index contributed by atoms with van der Waals surface area (Å²) in [6.45, 7) is 0.534. The van der Waals surface area contributed by atoms with Gasteiger partial charge in [-0.25, -0.2) is 0 Å². The maximum atomic E-state index is 10.7. The van der Waals surface area contributed by atoms with Gasteiger partial charge in [-0.2, -0.15) is 0 Å². The number of hydrogen-bond acceptors (Lipinski definition) is 3. The van der Waals surface area contributed by atoms with Crippen LogP contribution in [0.4, 0.5) is 0 Å². The van der Waals surface area contributed by atoms with E-state index in [2.05, 4.69) is 15.9 Å². The number of hydrogen-bond donors (Lipinski definition) is 2. The molecule has 0 aliphatic heterocycles. The Bertz CT molecular complexity index is 578. The van der Waals surface area contributed by atoms with E-state index in [1.807, 2.05) is 36.4 Å². The second-order valence-corrected chi connectivity index (χ2v) is 3.95. The number of rotatable bonds is 5. The third-order valence-corrected chi connectivity index (χ3v) is 2.77. The van der Waals surface area contributed by atoms with E-state index in [-0.39, 0.29) is 0 Å². The Labute approximate surface area is 111 Å². The highest BCUT2D eigenvalue weighted by atomic mass is 16.1. The molecule has 5 heteroatoms. The maximum Gasteiger partial charge on any atom is 0.150 e. The molecular weight excluding hydrogens is 240 g/mol. The minimum atomic E-state index is 0.534. The van der Waals surface area contributed by atoms with E-state index in [0.717, 1.165) is 23.0 Å². The predicted octanol–water partition coefficient (Wildman–Crippen LogP) is 2.50. The van der Waals surface area contributed by atoms with Gasteiger partial charge in [-0.05, 0) is 16.7 Å². The zero-order valence-corrected chi connectivity index (χ0v) is 10.3. The van der Waals surface area contributed by atoms with Crippen LogP contribution >= 0.6 is 0 Å². The Morgan fingerprint density at radius 2 is 1.84 bits per heavy atom. The standard InChI is InChI=1S/C14H14N4O/c15-17-18-16-9-13-3-1-2-4-14(13)12-7-5-11(10-19)6-8-12/h1-8,10H,9H2,(H2,15,18)(H,16,17). The number of carbonyl (C=O) groups is 1. The van der Waals surface area contributed by atoms with Crippen LogP contribution in [-0.2, 0) is 6.54 Å². The summed E-state index contributed by atoms with van der Waals surface area (Å²) >= 11 is 0. The second-order valence-electron chi connectivity index (χ2n) is 3.95. The van der Waals surface area contributed by atoms with Crippen LogP contribution in [0.3, 0.4) is 0 Å². The van der Waals surface area contributed by atoms with Crippen LogP contribution in [0.2, 0.25) is 0 Å². The third-order valence-electron chi connectivity index (χ3n) is 2.77. The SMILES string of the molecule is N/N=N\NCc1ccccc1-c1ccc(C=O)cc1. The molecule has 0 spiro atoms. The van der Waals surface area contributed by atoms with Gasteiger partial charge < -0.3 is 5.84 Å². The molecule has 19 heavy (non-hydrogen) atoms. The molecule has 0 aromatic heterocycles. The average molecular weight is 254 g/mol. The molecule has 0 radical (unpaired) electrons. The molecule has 0 saturated heterocycles. The predicted molar refractivity (Wildman–Crippen MR) is 73.1 cm³/mol. The monoisotopic (exact) mass is 254 g/mol. The van der Waals surface area contributed by atoms with E-state index in [1.54, 1.807) is 12.1 Å². The quantitative estimate of drug-likeness (QED) is 0.372. The fourth-order valence-corrected chi connectivity index (χ4v) is 1.86. The van der Waals surface area contributed by atoms with Crippen LogP contribution in [0, 0.1) is 0 Å². The normalized spacial score (nSPS) is 10.5. The lowest BCUT2D eigenvalue weighted by Gasteiger charge is -2.09. The summed E-state index contributed by atoms with van der Waals surface area (Å²) < 4.78 is 0.